The van der Waals surface area contributed by atoms with Crippen molar-refractivity contribution < 1.29 is 4.74 Å². The van der Waals surface area contributed by atoms with E-state index in [9.17, 15) is 0 Å². The van der Waals surface area contributed by atoms with Gasteiger partial charge in [0.2, 0.25) is 0 Å². The van der Waals surface area contributed by atoms with Crippen molar-refractivity contribution >= 4 is 17.4 Å². The molecule has 6 heteroatoms. The first-order chi connectivity index (χ1) is 13.0. The van der Waals surface area contributed by atoms with E-state index >= 15 is 0 Å². The predicted octanol–water partition coefficient (Wildman–Crippen LogP) is 4.31. The molecule has 1 saturated heterocycles. The second kappa shape index (κ2) is 9.00. The van der Waals surface area contributed by atoms with Gasteiger partial charge in [-0.3, -0.25) is 0 Å². The molecule has 1 aliphatic heterocycles. The largest absolute Gasteiger partial charge is 0.381 e. The fraction of sp³-hybridized carbons (Fsp3) is 0.524. The lowest BCUT2D eigenvalue weighted by Crippen LogP contribution is -2.54. The Balaban J connectivity index is 1.78. The summed E-state index contributed by atoms with van der Waals surface area (Å²) in [5.41, 5.74) is 2.21. The average molecular weight is 389 g/mol. The smallest absolute Gasteiger partial charge is 0.138 e. The minimum absolute atomic E-state index is 0.0517. The number of nitrogens with one attached hydrogen (secondary N) is 2. The molecule has 0 bridgehead atoms. The van der Waals surface area contributed by atoms with Crippen molar-refractivity contribution in [3.63, 3.8) is 0 Å². The standard InChI is InChI=1S/C21H29ClN4O/c1-4-18-19(22)24-16(3)25-20(18)23-14-21(10-12-27-13-11-21)26-15(2)17-8-6-5-7-9-17/h5-9,15,26H,4,10-14H2,1-3H3,(H,23,24,25). The van der Waals surface area contributed by atoms with Gasteiger partial charge >= 0.3 is 0 Å². The quantitative estimate of drug-likeness (QED) is 0.692. The van der Waals surface area contributed by atoms with E-state index in [1.807, 2.05) is 6.92 Å². The van der Waals surface area contributed by atoms with Crippen LogP contribution in [0.15, 0.2) is 30.3 Å². The summed E-state index contributed by atoms with van der Waals surface area (Å²) in [6.45, 7) is 8.46. The van der Waals surface area contributed by atoms with Gasteiger partial charge < -0.3 is 15.4 Å². The van der Waals surface area contributed by atoms with Crippen LogP contribution in [0.4, 0.5) is 5.82 Å². The maximum Gasteiger partial charge on any atom is 0.138 e. The molecule has 0 aliphatic carbocycles. The average Bonchev–Trinajstić information content (AvgIpc) is 2.67. The lowest BCUT2D eigenvalue weighted by atomic mass is 9.88. The number of ether oxygens (including phenoxy) is 1. The molecule has 3 rings (SSSR count). The minimum atomic E-state index is -0.0517. The molecule has 0 amide bonds. The Hall–Kier alpha value is -1.69. The van der Waals surface area contributed by atoms with Crippen LogP contribution >= 0.6 is 11.6 Å². The van der Waals surface area contributed by atoms with Crippen molar-refractivity contribution in [3.8, 4) is 0 Å². The Bertz CT molecular complexity index is 747. The third-order valence-electron chi connectivity index (χ3n) is 5.29. The number of anilines is 1. The Morgan fingerprint density at radius 2 is 1.89 bits per heavy atom. The minimum Gasteiger partial charge on any atom is -0.381 e. The van der Waals surface area contributed by atoms with Gasteiger partial charge in [0.05, 0.1) is 0 Å². The van der Waals surface area contributed by atoms with Gasteiger partial charge in [-0.15, -0.1) is 0 Å². The van der Waals surface area contributed by atoms with Crippen LogP contribution in [0.3, 0.4) is 0 Å². The molecule has 1 unspecified atom stereocenters. The van der Waals surface area contributed by atoms with Crippen LogP contribution in [0.1, 0.15) is 49.7 Å². The van der Waals surface area contributed by atoms with E-state index in [1.54, 1.807) is 0 Å². The summed E-state index contributed by atoms with van der Waals surface area (Å²) in [7, 11) is 0. The topological polar surface area (TPSA) is 59.1 Å². The Labute approximate surface area is 166 Å². The number of rotatable bonds is 7. The molecule has 1 aromatic heterocycles. The third kappa shape index (κ3) is 4.98. The van der Waals surface area contributed by atoms with Crippen LogP contribution in [0, 0.1) is 6.92 Å². The molecule has 2 aromatic rings. The van der Waals surface area contributed by atoms with Gasteiger partial charge in [0.25, 0.3) is 0 Å². The molecule has 1 atom stereocenters. The zero-order valence-electron chi connectivity index (χ0n) is 16.4. The summed E-state index contributed by atoms with van der Waals surface area (Å²) < 4.78 is 5.63. The molecule has 1 aliphatic rings. The number of nitrogens with zero attached hydrogens (tertiary/aromatic N) is 2. The fourth-order valence-electron chi connectivity index (χ4n) is 3.69. The number of aryl methyl sites for hydroxylation is 1. The van der Waals surface area contributed by atoms with Gasteiger partial charge in [-0.1, -0.05) is 48.9 Å². The molecule has 146 valence electrons. The van der Waals surface area contributed by atoms with Gasteiger partial charge in [-0.2, -0.15) is 0 Å². The zero-order chi connectivity index (χ0) is 19.3. The first-order valence-corrected chi connectivity index (χ1v) is 10.1. The maximum atomic E-state index is 6.33. The van der Waals surface area contributed by atoms with Gasteiger partial charge in [-0.25, -0.2) is 9.97 Å². The maximum absolute atomic E-state index is 6.33. The van der Waals surface area contributed by atoms with Crippen molar-refractivity contribution in [1.82, 2.24) is 15.3 Å². The van der Waals surface area contributed by atoms with E-state index < -0.39 is 0 Å². The lowest BCUT2D eigenvalue weighted by Gasteiger charge is -2.41. The molecule has 27 heavy (non-hydrogen) atoms. The summed E-state index contributed by atoms with van der Waals surface area (Å²) >= 11 is 6.33. The first-order valence-electron chi connectivity index (χ1n) is 9.70. The molecule has 1 fully saturated rings. The van der Waals surface area contributed by atoms with Crippen molar-refractivity contribution in [1.29, 1.82) is 0 Å². The summed E-state index contributed by atoms with van der Waals surface area (Å²) in [5, 5.41) is 7.97. The molecular weight excluding hydrogens is 360 g/mol. The molecule has 2 heterocycles. The normalized spacial score (nSPS) is 17.5. The van der Waals surface area contributed by atoms with E-state index in [4.69, 9.17) is 16.3 Å². The third-order valence-corrected chi connectivity index (χ3v) is 5.60. The molecule has 1 aromatic carbocycles. The highest BCUT2D eigenvalue weighted by atomic mass is 35.5. The highest BCUT2D eigenvalue weighted by Crippen LogP contribution is 2.28. The van der Waals surface area contributed by atoms with Crippen LogP contribution in [0.2, 0.25) is 5.15 Å². The first kappa shape index (κ1) is 20.1. The van der Waals surface area contributed by atoms with Crippen LogP contribution in [-0.4, -0.2) is 35.3 Å². The van der Waals surface area contributed by atoms with Crippen molar-refractivity contribution in [2.75, 3.05) is 25.1 Å². The van der Waals surface area contributed by atoms with Gasteiger partial charge in [-0.05, 0) is 38.7 Å². The zero-order valence-corrected chi connectivity index (χ0v) is 17.1. The van der Waals surface area contributed by atoms with Crippen molar-refractivity contribution in [2.45, 2.75) is 51.6 Å². The molecule has 0 saturated carbocycles. The van der Waals surface area contributed by atoms with E-state index in [0.29, 0.717) is 11.0 Å². The van der Waals surface area contributed by atoms with Crippen LogP contribution in [0.25, 0.3) is 0 Å². The summed E-state index contributed by atoms with van der Waals surface area (Å²) in [6.07, 6.45) is 2.71. The monoisotopic (exact) mass is 388 g/mol. The predicted molar refractivity (Wildman–Crippen MR) is 110 cm³/mol. The molecular formula is C21H29ClN4O. The lowest BCUT2D eigenvalue weighted by molar-refractivity contribution is 0.0389. The number of halogens is 1. The Morgan fingerprint density at radius 1 is 1.19 bits per heavy atom. The number of hydrogen-bond acceptors (Lipinski definition) is 5. The highest BCUT2D eigenvalue weighted by Gasteiger charge is 2.34. The summed E-state index contributed by atoms with van der Waals surface area (Å²) in [6, 6.07) is 10.8. The van der Waals surface area contributed by atoms with Gasteiger partial charge in [0.1, 0.15) is 16.8 Å². The van der Waals surface area contributed by atoms with E-state index in [-0.39, 0.29) is 11.6 Å². The Kier molecular flexibility index (Phi) is 6.68. The number of aromatic nitrogens is 2. The van der Waals surface area contributed by atoms with E-state index in [2.05, 4.69) is 64.8 Å². The SMILES string of the molecule is CCc1c(Cl)nc(C)nc1NCC1(NC(C)c2ccccc2)CCOCC1. The summed E-state index contributed by atoms with van der Waals surface area (Å²) in [5.74, 6) is 1.53. The fourth-order valence-corrected chi connectivity index (χ4v) is 4.04. The molecule has 0 radical (unpaired) electrons. The highest BCUT2D eigenvalue weighted by molar-refractivity contribution is 6.30. The van der Waals surface area contributed by atoms with Crippen molar-refractivity contribution in [3.05, 3.63) is 52.4 Å². The van der Waals surface area contributed by atoms with Gasteiger partial charge in [0.15, 0.2) is 0 Å². The van der Waals surface area contributed by atoms with Crippen LogP contribution < -0.4 is 10.6 Å². The number of benzene rings is 1. The number of hydrogen-bond donors (Lipinski definition) is 2. The van der Waals surface area contributed by atoms with E-state index in [1.165, 1.54) is 5.56 Å². The van der Waals surface area contributed by atoms with Crippen molar-refractivity contribution in [2.24, 2.45) is 0 Å². The van der Waals surface area contributed by atoms with Crippen LogP contribution in [-0.2, 0) is 11.2 Å². The molecule has 5 nitrogen and oxygen atoms in total. The molecule has 2 N–H and O–H groups in total. The second-order valence-corrected chi connectivity index (χ2v) is 7.62. The Morgan fingerprint density at radius 3 is 2.56 bits per heavy atom. The van der Waals surface area contributed by atoms with Gasteiger partial charge in [0, 0.05) is 36.9 Å². The second-order valence-electron chi connectivity index (χ2n) is 7.27. The molecule has 0 spiro atoms. The van der Waals surface area contributed by atoms with E-state index in [0.717, 1.165) is 50.4 Å². The summed E-state index contributed by atoms with van der Waals surface area (Å²) in [4.78, 5) is 8.88. The van der Waals surface area contributed by atoms with Crippen LogP contribution in [0.5, 0.6) is 0 Å².